The molecular weight excluding hydrogens is 421 g/mol. The number of phenols is 1. The number of aliphatic imine (C=N–C) groups is 1. The van der Waals surface area contributed by atoms with Crippen LogP contribution in [0.2, 0.25) is 5.02 Å². The number of methoxy groups -OCH3 is 1. The Bertz CT molecular complexity index is 1010. The van der Waals surface area contributed by atoms with Crippen molar-refractivity contribution in [2.24, 2.45) is 4.99 Å². The van der Waals surface area contributed by atoms with Crippen LogP contribution < -0.4 is 5.32 Å². The quantitative estimate of drug-likeness (QED) is 0.669. The molecule has 0 saturated carbocycles. The highest BCUT2D eigenvalue weighted by Gasteiger charge is 2.32. The first kappa shape index (κ1) is 22.1. The highest BCUT2D eigenvalue weighted by atomic mass is 35.5. The fourth-order valence-electron chi connectivity index (χ4n) is 3.38. The molecule has 0 bridgehead atoms. The molecule has 2 aromatic carbocycles. The van der Waals surface area contributed by atoms with Crippen LogP contribution >= 0.6 is 11.6 Å². The summed E-state index contributed by atoms with van der Waals surface area (Å²) in [6.45, 7) is 2.26. The molecule has 0 aliphatic carbocycles. The van der Waals surface area contributed by atoms with E-state index < -0.39 is 17.6 Å². The monoisotopic (exact) mass is 440 g/mol. The first-order valence-corrected chi connectivity index (χ1v) is 9.62. The lowest BCUT2D eigenvalue weighted by Crippen LogP contribution is -2.30. The van der Waals surface area contributed by atoms with Gasteiger partial charge in [-0.2, -0.15) is 13.2 Å². The third-order valence-corrected chi connectivity index (χ3v) is 5.15. The van der Waals surface area contributed by atoms with Gasteiger partial charge >= 0.3 is 6.18 Å². The van der Waals surface area contributed by atoms with E-state index in [0.29, 0.717) is 29.8 Å². The van der Waals surface area contributed by atoms with Crippen LogP contribution in [0.15, 0.2) is 35.3 Å². The van der Waals surface area contributed by atoms with E-state index >= 15 is 0 Å². The average Bonchev–Trinajstić information content (AvgIpc) is 3.08. The van der Waals surface area contributed by atoms with Gasteiger partial charge in [-0.1, -0.05) is 18.5 Å². The lowest BCUT2D eigenvalue weighted by molar-refractivity contribution is -0.137. The zero-order valence-corrected chi connectivity index (χ0v) is 17.1. The number of ether oxygens (including phenoxy) is 1. The Morgan fingerprint density at radius 3 is 2.70 bits per heavy atom. The predicted molar refractivity (Wildman–Crippen MR) is 108 cm³/mol. The predicted octanol–water partition coefficient (Wildman–Crippen LogP) is 5.22. The van der Waals surface area contributed by atoms with Crippen molar-refractivity contribution in [1.82, 2.24) is 5.32 Å². The van der Waals surface area contributed by atoms with Crippen molar-refractivity contribution in [1.29, 1.82) is 0 Å². The molecule has 1 aliphatic rings. The molecule has 30 heavy (non-hydrogen) atoms. The number of hydrogen-bond acceptors (Lipinski definition) is 4. The van der Waals surface area contributed by atoms with Crippen molar-refractivity contribution in [3.05, 3.63) is 57.6 Å². The number of carbonyl (C=O) groups excluding carboxylic acids is 1. The van der Waals surface area contributed by atoms with E-state index in [2.05, 4.69) is 10.3 Å². The molecule has 5 nitrogen and oxygen atoms in total. The van der Waals surface area contributed by atoms with Crippen LogP contribution in [0.4, 0.5) is 18.9 Å². The van der Waals surface area contributed by atoms with Crippen LogP contribution in [-0.2, 0) is 17.3 Å². The summed E-state index contributed by atoms with van der Waals surface area (Å²) in [4.78, 5) is 16.9. The minimum Gasteiger partial charge on any atom is -0.507 e. The number of phenolic OH excluding ortho intramolecular Hbond substituents is 1. The van der Waals surface area contributed by atoms with E-state index in [-0.39, 0.29) is 34.5 Å². The van der Waals surface area contributed by atoms with Gasteiger partial charge in [-0.15, -0.1) is 0 Å². The Morgan fingerprint density at radius 2 is 2.07 bits per heavy atom. The van der Waals surface area contributed by atoms with Gasteiger partial charge < -0.3 is 15.2 Å². The number of alkyl halides is 3. The standard InChI is InChI=1S/C21H20ClF3N2O3/c1-3-11(10-30-2)15-8-14(22)9-16(19(15)28)20(29)27-18-7-12-6-13(21(23,24)25)4-5-17(12)26-18/h4-6,8-9,11,28H,3,7,10H2,1-2H3,(H,26,27,29). The van der Waals surface area contributed by atoms with Crippen LogP contribution in [-0.4, -0.2) is 30.6 Å². The van der Waals surface area contributed by atoms with Gasteiger partial charge in [-0.25, -0.2) is 4.99 Å². The molecule has 9 heteroatoms. The lowest BCUT2D eigenvalue weighted by Gasteiger charge is -2.18. The molecular formula is C21H20ClF3N2O3. The van der Waals surface area contributed by atoms with Gasteiger partial charge in [0.2, 0.25) is 0 Å². The maximum atomic E-state index is 12.9. The minimum atomic E-state index is -4.46. The summed E-state index contributed by atoms with van der Waals surface area (Å²) in [5.74, 6) is -0.823. The molecule has 1 unspecified atom stereocenters. The number of benzene rings is 2. The molecule has 2 N–H and O–H groups in total. The Labute approximate surface area is 176 Å². The van der Waals surface area contributed by atoms with Crippen LogP contribution in [0, 0.1) is 0 Å². The third kappa shape index (κ3) is 4.60. The molecule has 1 atom stereocenters. The molecule has 0 fully saturated rings. The average molecular weight is 441 g/mol. The fraction of sp³-hybridized carbons (Fsp3) is 0.333. The molecule has 160 valence electrons. The van der Waals surface area contributed by atoms with Crippen LogP contribution in [0.3, 0.4) is 0 Å². The zero-order chi connectivity index (χ0) is 22.1. The number of rotatable bonds is 5. The van der Waals surface area contributed by atoms with E-state index in [9.17, 15) is 23.1 Å². The van der Waals surface area contributed by atoms with Gasteiger partial charge in [0, 0.05) is 30.0 Å². The Hall–Kier alpha value is -2.58. The van der Waals surface area contributed by atoms with Crippen LogP contribution in [0.5, 0.6) is 5.75 Å². The molecule has 0 radical (unpaired) electrons. The van der Waals surface area contributed by atoms with Gasteiger partial charge in [-0.3, -0.25) is 4.79 Å². The van der Waals surface area contributed by atoms with Crippen molar-refractivity contribution in [2.45, 2.75) is 31.9 Å². The maximum absolute atomic E-state index is 12.9. The fourth-order valence-corrected chi connectivity index (χ4v) is 3.61. The van der Waals surface area contributed by atoms with Crippen molar-refractivity contribution >= 4 is 29.0 Å². The highest BCUT2D eigenvalue weighted by molar-refractivity contribution is 6.31. The highest BCUT2D eigenvalue weighted by Crippen LogP contribution is 2.36. The molecule has 0 aromatic heterocycles. The summed E-state index contributed by atoms with van der Waals surface area (Å²) in [5, 5.41) is 13.5. The first-order valence-electron chi connectivity index (χ1n) is 9.24. The maximum Gasteiger partial charge on any atom is 0.416 e. The summed E-state index contributed by atoms with van der Waals surface area (Å²) in [7, 11) is 1.54. The summed E-state index contributed by atoms with van der Waals surface area (Å²) >= 11 is 6.15. The number of nitrogens with one attached hydrogen (secondary N) is 1. The van der Waals surface area contributed by atoms with Gasteiger partial charge in [0.25, 0.3) is 5.91 Å². The normalized spacial score (nSPS) is 14.3. The molecule has 2 aromatic rings. The van der Waals surface area contributed by atoms with Crippen LogP contribution in [0.25, 0.3) is 0 Å². The largest absolute Gasteiger partial charge is 0.507 e. The smallest absolute Gasteiger partial charge is 0.416 e. The number of aromatic hydroxyl groups is 1. The number of fused-ring (bicyclic) bond motifs is 1. The molecule has 0 spiro atoms. The SMILES string of the molecule is CCC(COC)c1cc(Cl)cc(C(=O)NC2=Nc3ccc(C(F)(F)F)cc3C2)c1O. The van der Waals surface area contributed by atoms with Gasteiger partial charge in [0.15, 0.2) is 0 Å². The van der Waals surface area contributed by atoms with Crippen molar-refractivity contribution < 1.29 is 27.8 Å². The lowest BCUT2D eigenvalue weighted by atomic mass is 9.94. The van der Waals surface area contributed by atoms with Gasteiger partial charge in [0.1, 0.15) is 11.6 Å². The number of amides is 1. The topological polar surface area (TPSA) is 70.9 Å². The Morgan fingerprint density at radius 1 is 1.33 bits per heavy atom. The third-order valence-electron chi connectivity index (χ3n) is 4.93. The van der Waals surface area contributed by atoms with E-state index in [1.165, 1.54) is 19.2 Å². The first-order chi connectivity index (χ1) is 14.1. The molecule has 3 rings (SSSR count). The van der Waals surface area contributed by atoms with Gasteiger partial charge in [-0.05, 0) is 42.3 Å². The van der Waals surface area contributed by atoms with E-state index in [1.54, 1.807) is 6.07 Å². The molecule has 1 amide bonds. The number of hydrogen-bond donors (Lipinski definition) is 2. The summed E-state index contributed by atoms with van der Waals surface area (Å²) < 4.78 is 43.9. The van der Waals surface area contributed by atoms with E-state index in [1.807, 2.05) is 6.92 Å². The summed E-state index contributed by atoms with van der Waals surface area (Å²) in [6.07, 6.45) is -3.76. The number of halogens is 4. The zero-order valence-electron chi connectivity index (χ0n) is 16.3. The second-order valence-electron chi connectivity index (χ2n) is 6.98. The molecule has 1 heterocycles. The second kappa shape index (κ2) is 8.65. The van der Waals surface area contributed by atoms with Crippen molar-refractivity contribution in [3.8, 4) is 5.75 Å². The Kier molecular flexibility index (Phi) is 6.38. The second-order valence-corrected chi connectivity index (χ2v) is 7.42. The molecule has 0 saturated heterocycles. The Balaban J connectivity index is 1.82. The number of nitrogens with zero attached hydrogens (tertiary/aromatic N) is 1. The van der Waals surface area contributed by atoms with E-state index in [4.69, 9.17) is 16.3 Å². The van der Waals surface area contributed by atoms with Crippen molar-refractivity contribution in [2.75, 3.05) is 13.7 Å². The van der Waals surface area contributed by atoms with Gasteiger partial charge in [0.05, 0.1) is 23.4 Å². The number of amidine groups is 1. The van der Waals surface area contributed by atoms with E-state index in [0.717, 1.165) is 12.1 Å². The molecule has 1 aliphatic heterocycles. The number of carbonyl (C=O) groups is 1. The van der Waals surface area contributed by atoms with Crippen molar-refractivity contribution in [3.63, 3.8) is 0 Å². The minimum absolute atomic E-state index is 0.0401. The summed E-state index contributed by atoms with van der Waals surface area (Å²) in [6, 6.07) is 6.15. The summed E-state index contributed by atoms with van der Waals surface area (Å²) in [5.41, 5.74) is 0.401. The van der Waals surface area contributed by atoms with Crippen LogP contribution in [0.1, 0.15) is 46.3 Å².